The molecule has 0 radical (unpaired) electrons. The van der Waals surface area contributed by atoms with Gasteiger partial charge >= 0.3 is 10.4 Å². The average Bonchev–Trinajstić information content (AvgIpc) is 2.43. The lowest BCUT2D eigenvalue weighted by atomic mass is 9.87. The number of benzene rings is 2. The monoisotopic (exact) mass is 334 g/mol. The number of nitrogen functional groups attached to an aromatic ring is 2. The Morgan fingerprint density at radius 3 is 1.65 bits per heavy atom. The van der Waals surface area contributed by atoms with Crippen LogP contribution in [0.5, 0.6) is 11.5 Å². The van der Waals surface area contributed by atoms with E-state index in [4.69, 9.17) is 19.8 Å². The van der Waals surface area contributed by atoms with E-state index in [9.17, 15) is 8.42 Å². The first-order valence-electron chi connectivity index (χ1n) is 7.06. The summed E-state index contributed by atoms with van der Waals surface area (Å²) in [7, 11) is -4.11. The maximum atomic E-state index is 11.7. The Labute approximate surface area is 135 Å². The van der Waals surface area contributed by atoms with Gasteiger partial charge in [0.2, 0.25) is 0 Å². The molecule has 6 nitrogen and oxygen atoms in total. The molecule has 0 saturated heterocycles. The first-order valence-corrected chi connectivity index (χ1v) is 8.39. The Balaban J connectivity index is 2.41. The van der Waals surface area contributed by atoms with Gasteiger partial charge in [-0.25, -0.2) is 0 Å². The second kappa shape index (κ2) is 4.79. The summed E-state index contributed by atoms with van der Waals surface area (Å²) in [6, 6.07) is 2.97. The van der Waals surface area contributed by atoms with Gasteiger partial charge in [0.05, 0.1) is 5.56 Å². The molecule has 0 saturated carbocycles. The van der Waals surface area contributed by atoms with Crippen molar-refractivity contribution in [2.24, 2.45) is 0 Å². The van der Waals surface area contributed by atoms with Crippen LogP contribution < -0.4 is 19.8 Å². The third kappa shape index (κ3) is 2.28. The molecule has 0 amide bonds. The highest BCUT2D eigenvalue weighted by atomic mass is 32.3. The second-order valence-corrected chi connectivity index (χ2v) is 6.91. The number of anilines is 2. The summed E-state index contributed by atoms with van der Waals surface area (Å²) in [4.78, 5) is 0. The molecular weight excluding hydrogens is 316 g/mol. The van der Waals surface area contributed by atoms with E-state index < -0.39 is 10.4 Å². The van der Waals surface area contributed by atoms with Gasteiger partial charge in [-0.15, -0.1) is 8.42 Å². The molecule has 0 fully saturated rings. The van der Waals surface area contributed by atoms with Gasteiger partial charge in [-0.1, -0.05) is 0 Å². The largest absolute Gasteiger partial charge is 0.501 e. The van der Waals surface area contributed by atoms with Crippen molar-refractivity contribution >= 4 is 21.8 Å². The van der Waals surface area contributed by atoms with Crippen LogP contribution in [-0.4, -0.2) is 8.42 Å². The summed E-state index contributed by atoms with van der Waals surface area (Å²) >= 11 is 0. The third-order valence-corrected chi connectivity index (χ3v) is 5.17. The Bertz CT molecular complexity index is 887. The second-order valence-electron chi connectivity index (χ2n) is 5.76. The van der Waals surface area contributed by atoms with Crippen molar-refractivity contribution in [1.82, 2.24) is 0 Å². The lowest BCUT2D eigenvalue weighted by Gasteiger charge is -2.25. The number of fused-ring (bicyclic) bond motifs is 2. The molecule has 0 aromatic heterocycles. The molecule has 0 atom stereocenters. The zero-order valence-electron chi connectivity index (χ0n) is 13.4. The standard InChI is InChI=1S/C16H18N2O4S/c1-7-9(3)16(18)10(4)8(2)14(7)15-12-5-11(17)6-13(15)22-23(19,20)21-12/h5-6H,17-18H2,1-4H3. The Hall–Kier alpha value is -2.41. The van der Waals surface area contributed by atoms with Crippen molar-refractivity contribution < 1.29 is 16.8 Å². The van der Waals surface area contributed by atoms with Crippen LogP contribution in [0, 0.1) is 27.7 Å². The van der Waals surface area contributed by atoms with Crippen molar-refractivity contribution in [3.05, 3.63) is 34.4 Å². The van der Waals surface area contributed by atoms with Crippen LogP contribution in [0.3, 0.4) is 0 Å². The molecule has 2 bridgehead atoms. The van der Waals surface area contributed by atoms with E-state index in [1.165, 1.54) is 12.1 Å². The minimum atomic E-state index is -4.11. The molecule has 23 heavy (non-hydrogen) atoms. The van der Waals surface area contributed by atoms with E-state index in [-0.39, 0.29) is 11.5 Å². The lowest BCUT2D eigenvalue weighted by molar-refractivity contribution is 0.381. The molecule has 1 heterocycles. The minimum absolute atomic E-state index is 0.168. The maximum Gasteiger partial charge on any atom is 0.501 e. The van der Waals surface area contributed by atoms with Crippen LogP contribution in [0.25, 0.3) is 11.1 Å². The molecule has 3 rings (SSSR count). The Morgan fingerprint density at radius 1 is 0.783 bits per heavy atom. The highest BCUT2D eigenvalue weighted by Crippen LogP contribution is 2.48. The molecule has 122 valence electrons. The van der Waals surface area contributed by atoms with Gasteiger partial charge in [-0.3, -0.25) is 0 Å². The van der Waals surface area contributed by atoms with E-state index in [1.807, 2.05) is 27.7 Å². The molecule has 1 aliphatic heterocycles. The summed E-state index contributed by atoms with van der Waals surface area (Å²) in [5.41, 5.74) is 18.3. The van der Waals surface area contributed by atoms with Gasteiger partial charge in [-0.05, 0) is 55.5 Å². The lowest BCUT2D eigenvalue weighted by Crippen LogP contribution is -2.22. The fourth-order valence-corrected chi connectivity index (χ4v) is 3.68. The quantitative estimate of drug-likeness (QED) is 0.777. The SMILES string of the molecule is Cc1c(C)c(-c2c3cc(N)cc2OS(=O)(=O)O3)c(C)c(C)c1N. The van der Waals surface area contributed by atoms with E-state index >= 15 is 0 Å². The predicted octanol–water partition coefficient (Wildman–Crippen LogP) is 2.77. The van der Waals surface area contributed by atoms with Crippen molar-refractivity contribution in [3.63, 3.8) is 0 Å². The summed E-state index contributed by atoms with van der Waals surface area (Å²) in [6.45, 7) is 7.74. The fraction of sp³-hybridized carbons (Fsp3) is 0.250. The van der Waals surface area contributed by atoms with E-state index in [0.717, 1.165) is 33.5 Å². The molecule has 2 aromatic rings. The minimum Gasteiger partial charge on any atom is -0.399 e. The molecule has 2 aromatic carbocycles. The van der Waals surface area contributed by atoms with Crippen LogP contribution in [0.15, 0.2) is 12.1 Å². The van der Waals surface area contributed by atoms with Crippen molar-refractivity contribution in [2.45, 2.75) is 27.7 Å². The molecular formula is C16H18N2O4S. The van der Waals surface area contributed by atoms with Crippen LogP contribution in [-0.2, 0) is 10.4 Å². The fourth-order valence-electron chi connectivity index (χ4n) is 2.94. The van der Waals surface area contributed by atoms with Crippen molar-refractivity contribution in [2.75, 3.05) is 11.5 Å². The molecule has 0 aliphatic carbocycles. The van der Waals surface area contributed by atoms with Crippen LogP contribution in [0.2, 0.25) is 0 Å². The highest BCUT2D eigenvalue weighted by molar-refractivity contribution is 7.82. The predicted molar refractivity (Wildman–Crippen MR) is 89.8 cm³/mol. The topological polar surface area (TPSA) is 105 Å². The molecule has 4 N–H and O–H groups in total. The van der Waals surface area contributed by atoms with Crippen LogP contribution in [0.1, 0.15) is 22.3 Å². The molecule has 0 spiro atoms. The van der Waals surface area contributed by atoms with Crippen LogP contribution in [0.4, 0.5) is 11.4 Å². The van der Waals surface area contributed by atoms with Gasteiger partial charge in [0, 0.05) is 23.5 Å². The van der Waals surface area contributed by atoms with E-state index in [1.54, 1.807) is 0 Å². The van der Waals surface area contributed by atoms with Gasteiger partial charge in [0.15, 0.2) is 11.5 Å². The summed E-state index contributed by atoms with van der Waals surface area (Å²) in [5, 5.41) is 0. The molecule has 7 heteroatoms. The van der Waals surface area contributed by atoms with Crippen LogP contribution >= 0.6 is 0 Å². The number of hydrogen-bond donors (Lipinski definition) is 2. The summed E-state index contributed by atoms with van der Waals surface area (Å²) in [5.74, 6) is 0.335. The highest BCUT2D eigenvalue weighted by Gasteiger charge is 2.32. The maximum absolute atomic E-state index is 11.7. The summed E-state index contributed by atoms with van der Waals surface area (Å²) < 4.78 is 33.4. The average molecular weight is 334 g/mol. The normalized spacial score (nSPS) is 15.0. The van der Waals surface area contributed by atoms with Gasteiger partial charge < -0.3 is 19.8 Å². The first kappa shape index (κ1) is 15.5. The number of hydrogen-bond acceptors (Lipinski definition) is 6. The summed E-state index contributed by atoms with van der Waals surface area (Å²) in [6.07, 6.45) is 0. The van der Waals surface area contributed by atoms with Gasteiger partial charge in [0.1, 0.15) is 0 Å². The Morgan fingerprint density at radius 2 is 1.22 bits per heavy atom. The van der Waals surface area contributed by atoms with Crippen molar-refractivity contribution in [3.8, 4) is 22.6 Å². The molecule has 0 unspecified atom stereocenters. The number of rotatable bonds is 1. The van der Waals surface area contributed by atoms with Gasteiger partial charge in [0.25, 0.3) is 0 Å². The number of nitrogens with two attached hydrogens (primary N) is 2. The Kier molecular flexibility index (Phi) is 3.23. The zero-order valence-corrected chi connectivity index (χ0v) is 14.2. The molecule has 1 aliphatic rings. The van der Waals surface area contributed by atoms with Gasteiger partial charge in [-0.2, -0.15) is 0 Å². The zero-order chi connectivity index (χ0) is 17.1. The van der Waals surface area contributed by atoms with Crippen molar-refractivity contribution in [1.29, 1.82) is 0 Å². The van der Waals surface area contributed by atoms with E-state index in [0.29, 0.717) is 11.3 Å². The first-order chi connectivity index (χ1) is 10.6. The smallest absolute Gasteiger partial charge is 0.399 e. The third-order valence-electron chi connectivity index (χ3n) is 4.41. The van der Waals surface area contributed by atoms with E-state index in [2.05, 4.69) is 0 Å².